The molecular weight excluding hydrogens is 272 g/mol. The first-order valence-electron chi connectivity index (χ1n) is 4.69. The zero-order chi connectivity index (χ0) is 11.7. The van der Waals surface area contributed by atoms with Crippen LogP contribution in [0.3, 0.4) is 0 Å². The second kappa shape index (κ2) is 4.17. The molecule has 0 atom stereocenters. The molecule has 4 nitrogen and oxygen atoms in total. The highest BCUT2D eigenvalue weighted by Crippen LogP contribution is 2.23. The van der Waals surface area contributed by atoms with E-state index in [0.29, 0.717) is 5.82 Å². The third kappa shape index (κ3) is 2.04. The van der Waals surface area contributed by atoms with Crippen molar-refractivity contribution in [3.63, 3.8) is 0 Å². The van der Waals surface area contributed by atoms with Crippen LogP contribution in [0.4, 0.5) is 0 Å². The number of hydrogen-bond acceptors (Lipinski definition) is 4. The van der Waals surface area contributed by atoms with Crippen molar-refractivity contribution in [3.05, 3.63) is 34.1 Å². The quantitative estimate of drug-likeness (QED) is 0.794. The number of hydrogen-bond donors (Lipinski definition) is 0. The minimum Gasteiger partial charge on any atom is -0.330 e. The Labute approximate surface area is 101 Å². The molecule has 0 aliphatic rings. The van der Waals surface area contributed by atoms with Crippen molar-refractivity contribution in [2.45, 2.75) is 13.8 Å². The van der Waals surface area contributed by atoms with Gasteiger partial charge >= 0.3 is 0 Å². The van der Waals surface area contributed by atoms with Gasteiger partial charge < -0.3 is 4.52 Å². The molecule has 0 spiro atoms. The van der Waals surface area contributed by atoms with E-state index < -0.39 is 0 Å². The molecule has 0 radical (unpaired) electrons. The summed E-state index contributed by atoms with van der Waals surface area (Å²) in [6.07, 6.45) is 0. The average Bonchev–Trinajstić information content (AvgIpc) is 2.66. The lowest BCUT2D eigenvalue weighted by Crippen LogP contribution is -1.91. The minimum absolute atomic E-state index is 0.0392. The fourth-order valence-electron chi connectivity index (χ4n) is 1.35. The predicted molar refractivity (Wildman–Crippen MR) is 62.2 cm³/mol. The molecule has 0 bridgehead atoms. The van der Waals surface area contributed by atoms with E-state index in [-0.39, 0.29) is 11.7 Å². The molecule has 0 saturated carbocycles. The molecule has 0 fully saturated rings. The molecule has 0 aliphatic heterocycles. The van der Waals surface area contributed by atoms with Gasteiger partial charge in [-0.25, -0.2) is 0 Å². The summed E-state index contributed by atoms with van der Waals surface area (Å²) >= 11 is 3.38. The number of benzene rings is 1. The number of halogens is 1. The molecule has 1 aromatic carbocycles. The van der Waals surface area contributed by atoms with Crippen LogP contribution in [0, 0.1) is 6.92 Å². The number of ketones is 1. The smallest absolute Gasteiger partial charge is 0.294 e. The maximum atomic E-state index is 11.0. The molecule has 2 aromatic rings. The maximum Gasteiger partial charge on any atom is 0.294 e. The molecule has 0 N–H and O–H groups in total. The van der Waals surface area contributed by atoms with Crippen molar-refractivity contribution in [2.75, 3.05) is 0 Å². The van der Waals surface area contributed by atoms with Gasteiger partial charge in [0.1, 0.15) is 0 Å². The van der Waals surface area contributed by atoms with Crippen LogP contribution in [0.2, 0.25) is 0 Å². The Kier molecular flexibility index (Phi) is 2.87. The van der Waals surface area contributed by atoms with Crippen molar-refractivity contribution >= 4 is 21.7 Å². The van der Waals surface area contributed by atoms with Crippen molar-refractivity contribution in [1.29, 1.82) is 0 Å². The number of carbonyl (C=O) groups excluding carboxylic acids is 1. The summed E-state index contributed by atoms with van der Waals surface area (Å²) in [4.78, 5) is 15.1. The van der Waals surface area contributed by atoms with Crippen LogP contribution in [0.15, 0.2) is 27.2 Å². The lowest BCUT2D eigenvalue weighted by molar-refractivity contribution is 0.0972. The Morgan fingerprint density at radius 2 is 2.19 bits per heavy atom. The second-order valence-electron chi connectivity index (χ2n) is 3.44. The normalized spacial score (nSPS) is 10.4. The highest BCUT2D eigenvalue weighted by atomic mass is 79.9. The highest BCUT2D eigenvalue weighted by molar-refractivity contribution is 9.10. The first-order valence-corrected chi connectivity index (χ1v) is 5.48. The summed E-state index contributed by atoms with van der Waals surface area (Å²) < 4.78 is 5.83. The van der Waals surface area contributed by atoms with Gasteiger partial charge in [-0.2, -0.15) is 4.98 Å². The van der Waals surface area contributed by atoms with Gasteiger partial charge in [0.15, 0.2) is 0 Å². The summed E-state index contributed by atoms with van der Waals surface area (Å²) in [5, 5.41) is 3.78. The summed E-state index contributed by atoms with van der Waals surface area (Å²) in [6, 6.07) is 5.74. The molecule has 16 heavy (non-hydrogen) atoms. The highest BCUT2D eigenvalue weighted by Gasteiger charge is 2.13. The maximum absolute atomic E-state index is 11.0. The monoisotopic (exact) mass is 280 g/mol. The summed E-state index contributed by atoms with van der Waals surface area (Å²) in [7, 11) is 0. The Balaban J connectivity index is 2.46. The number of aryl methyl sites for hydroxylation is 1. The average molecular weight is 281 g/mol. The zero-order valence-electron chi connectivity index (χ0n) is 8.82. The van der Waals surface area contributed by atoms with Crippen LogP contribution in [0.1, 0.15) is 23.2 Å². The van der Waals surface area contributed by atoms with Crippen molar-refractivity contribution in [3.8, 4) is 11.4 Å². The number of aromatic nitrogens is 2. The SMILES string of the molecule is CC(=O)c1nc(-c2ccc(Br)cc2C)no1. The Bertz CT molecular complexity index is 549. The van der Waals surface area contributed by atoms with Gasteiger partial charge in [0.25, 0.3) is 5.89 Å². The van der Waals surface area contributed by atoms with Crippen LogP contribution < -0.4 is 0 Å². The van der Waals surface area contributed by atoms with Gasteiger partial charge in [-0.3, -0.25) is 4.79 Å². The number of nitrogens with zero attached hydrogens (tertiary/aromatic N) is 2. The first kappa shape index (κ1) is 11.0. The molecule has 2 rings (SSSR count). The van der Waals surface area contributed by atoms with Gasteiger partial charge in [-0.05, 0) is 30.7 Å². The van der Waals surface area contributed by atoms with E-state index in [4.69, 9.17) is 4.52 Å². The van der Waals surface area contributed by atoms with Gasteiger partial charge in [0, 0.05) is 17.0 Å². The van der Waals surface area contributed by atoms with Crippen LogP contribution in [0.25, 0.3) is 11.4 Å². The fraction of sp³-hybridized carbons (Fsp3) is 0.182. The lowest BCUT2D eigenvalue weighted by atomic mass is 10.1. The van der Waals surface area contributed by atoms with Crippen molar-refractivity contribution in [2.24, 2.45) is 0 Å². The summed E-state index contributed by atoms with van der Waals surface area (Å²) in [5.74, 6) is 0.251. The largest absolute Gasteiger partial charge is 0.330 e. The Morgan fingerprint density at radius 3 is 2.75 bits per heavy atom. The Hall–Kier alpha value is -1.49. The fourth-order valence-corrected chi connectivity index (χ4v) is 1.83. The third-order valence-electron chi connectivity index (χ3n) is 2.16. The number of rotatable bonds is 2. The molecule has 0 amide bonds. The molecule has 1 aromatic heterocycles. The molecule has 5 heteroatoms. The van der Waals surface area contributed by atoms with E-state index >= 15 is 0 Å². The van der Waals surface area contributed by atoms with Crippen LogP contribution in [0.5, 0.6) is 0 Å². The van der Waals surface area contributed by atoms with Gasteiger partial charge in [0.05, 0.1) is 0 Å². The molecule has 1 heterocycles. The summed E-state index contributed by atoms with van der Waals surface area (Å²) in [6.45, 7) is 3.34. The van der Waals surface area contributed by atoms with Crippen molar-refractivity contribution in [1.82, 2.24) is 10.1 Å². The van der Waals surface area contributed by atoms with Gasteiger partial charge in [-0.15, -0.1) is 0 Å². The zero-order valence-corrected chi connectivity index (χ0v) is 10.4. The third-order valence-corrected chi connectivity index (χ3v) is 2.65. The molecule has 82 valence electrons. The van der Waals surface area contributed by atoms with Gasteiger partial charge in [0.2, 0.25) is 11.6 Å². The number of Topliss-reactive ketones (excluding diaryl/α,β-unsaturated/α-hetero) is 1. The van der Waals surface area contributed by atoms with Crippen LogP contribution >= 0.6 is 15.9 Å². The van der Waals surface area contributed by atoms with E-state index in [2.05, 4.69) is 26.1 Å². The minimum atomic E-state index is -0.228. The molecule has 0 saturated heterocycles. The summed E-state index contributed by atoms with van der Waals surface area (Å²) in [5.41, 5.74) is 1.88. The van der Waals surface area contributed by atoms with Gasteiger partial charge in [-0.1, -0.05) is 21.1 Å². The van der Waals surface area contributed by atoms with E-state index in [1.807, 2.05) is 25.1 Å². The first-order chi connectivity index (χ1) is 7.58. The Morgan fingerprint density at radius 1 is 1.44 bits per heavy atom. The second-order valence-corrected chi connectivity index (χ2v) is 4.35. The van der Waals surface area contributed by atoms with E-state index in [1.54, 1.807) is 0 Å². The van der Waals surface area contributed by atoms with E-state index in [0.717, 1.165) is 15.6 Å². The number of carbonyl (C=O) groups is 1. The predicted octanol–water partition coefficient (Wildman–Crippen LogP) is 3.01. The van der Waals surface area contributed by atoms with Crippen LogP contribution in [-0.4, -0.2) is 15.9 Å². The van der Waals surface area contributed by atoms with E-state index in [1.165, 1.54) is 6.92 Å². The van der Waals surface area contributed by atoms with Crippen LogP contribution in [-0.2, 0) is 0 Å². The molecule has 0 aliphatic carbocycles. The van der Waals surface area contributed by atoms with E-state index in [9.17, 15) is 4.79 Å². The standard InChI is InChI=1S/C11H9BrN2O2/c1-6-5-8(12)3-4-9(6)10-13-11(7(2)15)16-14-10/h3-5H,1-2H3. The molecule has 0 unspecified atom stereocenters. The molecular formula is C11H9BrN2O2. The van der Waals surface area contributed by atoms with Crippen molar-refractivity contribution < 1.29 is 9.32 Å². The topological polar surface area (TPSA) is 56.0 Å². The lowest BCUT2D eigenvalue weighted by Gasteiger charge is -2.00.